The summed E-state index contributed by atoms with van der Waals surface area (Å²) in [5, 5.41) is 9.47. The van der Waals surface area contributed by atoms with Crippen LogP contribution in [-0.2, 0) is 20.9 Å². The summed E-state index contributed by atoms with van der Waals surface area (Å²) in [6.45, 7) is 1.44. The molecule has 0 bridgehead atoms. The first kappa shape index (κ1) is 18.0. The number of ether oxygens (including phenoxy) is 2. The number of esters is 1. The van der Waals surface area contributed by atoms with Gasteiger partial charge in [-0.1, -0.05) is 30.3 Å². The molecule has 0 radical (unpaired) electrons. The fourth-order valence-electron chi connectivity index (χ4n) is 1.82. The monoisotopic (exact) mass is 312 g/mol. The van der Waals surface area contributed by atoms with Gasteiger partial charge >= 0.3 is 5.97 Å². The van der Waals surface area contributed by atoms with Gasteiger partial charge in [0.1, 0.15) is 0 Å². The molecule has 0 aliphatic carbocycles. The summed E-state index contributed by atoms with van der Waals surface area (Å²) in [4.78, 5) is 11.0. The van der Waals surface area contributed by atoms with E-state index in [1.54, 1.807) is 11.8 Å². The van der Waals surface area contributed by atoms with Crippen LogP contribution in [0, 0.1) is 0 Å². The molecule has 5 heteroatoms. The predicted molar refractivity (Wildman–Crippen MR) is 85.3 cm³/mol. The van der Waals surface area contributed by atoms with Crippen molar-refractivity contribution in [2.75, 3.05) is 26.1 Å². The molecular formula is C16H24O4S. The highest BCUT2D eigenvalue weighted by Crippen LogP contribution is 2.17. The standard InChI is InChI=1S/C16H24O4S/c1-19-16(18)9-11-21-15(12-17)8-5-10-20-13-14-6-3-2-4-7-14/h2-4,6-7,15,17H,5,8-13H2,1H3. The smallest absolute Gasteiger partial charge is 0.306 e. The van der Waals surface area contributed by atoms with Gasteiger partial charge in [0.15, 0.2) is 0 Å². The molecule has 0 amide bonds. The summed E-state index contributed by atoms with van der Waals surface area (Å²) in [5.74, 6) is 0.480. The molecule has 21 heavy (non-hydrogen) atoms. The van der Waals surface area contributed by atoms with Gasteiger partial charge in [-0.3, -0.25) is 4.79 Å². The highest BCUT2D eigenvalue weighted by atomic mass is 32.2. The van der Waals surface area contributed by atoms with E-state index in [0.717, 1.165) is 12.8 Å². The number of hydrogen-bond donors (Lipinski definition) is 1. The molecule has 0 saturated heterocycles. The van der Waals surface area contributed by atoms with Crippen LogP contribution in [0.4, 0.5) is 0 Å². The lowest BCUT2D eigenvalue weighted by molar-refractivity contribution is -0.140. The zero-order valence-corrected chi connectivity index (χ0v) is 13.3. The van der Waals surface area contributed by atoms with Crippen LogP contribution in [0.5, 0.6) is 0 Å². The molecule has 1 aromatic carbocycles. The third-order valence-corrected chi connectivity index (χ3v) is 4.31. The van der Waals surface area contributed by atoms with Gasteiger partial charge in [-0.15, -0.1) is 0 Å². The normalized spacial score (nSPS) is 12.1. The van der Waals surface area contributed by atoms with E-state index in [4.69, 9.17) is 4.74 Å². The van der Waals surface area contributed by atoms with Gasteiger partial charge in [-0.25, -0.2) is 0 Å². The van der Waals surface area contributed by atoms with Gasteiger partial charge in [0.05, 0.1) is 26.7 Å². The Hall–Kier alpha value is -1.04. The van der Waals surface area contributed by atoms with Crippen LogP contribution in [0.15, 0.2) is 30.3 Å². The van der Waals surface area contributed by atoms with E-state index in [1.807, 2.05) is 30.3 Å². The van der Waals surface area contributed by atoms with E-state index in [-0.39, 0.29) is 17.8 Å². The van der Waals surface area contributed by atoms with Crippen molar-refractivity contribution in [2.24, 2.45) is 0 Å². The number of aliphatic hydroxyl groups excluding tert-OH is 1. The van der Waals surface area contributed by atoms with Crippen molar-refractivity contribution < 1.29 is 19.4 Å². The van der Waals surface area contributed by atoms with Crippen LogP contribution in [0.25, 0.3) is 0 Å². The number of thioether (sulfide) groups is 1. The minimum Gasteiger partial charge on any atom is -0.469 e. The van der Waals surface area contributed by atoms with Crippen LogP contribution >= 0.6 is 11.8 Å². The first-order chi connectivity index (χ1) is 10.3. The Morgan fingerprint density at radius 3 is 2.76 bits per heavy atom. The first-order valence-corrected chi connectivity index (χ1v) is 8.22. The molecule has 1 atom stereocenters. The lowest BCUT2D eigenvalue weighted by Gasteiger charge is -2.13. The Labute approximate surface area is 130 Å². The van der Waals surface area contributed by atoms with E-state index in [1.165, 1.54) is 12.7 Å². The van der Waals surface area contributed by atoms with Crippen LogP contribution < -0.4 is 0 Å². The summed E-state index contributed by atoms with van der Waals surface area (Å²) in [7, 11) is 1.39. The Morgan fingerprint density at radius 2 is 2.10 bits per heavy atom. The van der Waals surface area contributed by atoms with Crippen molar-refractivity contribution in [3.63, 3.8) is 0 Å². The van der Waals surface area contributed by atoms with Crippen molar-refractivity contribution in [3.8, 4) is 0 Å². The maximum Gasteiger partial charge on any atom is 0.306 e. The summed E-state index contributed by atoms with van der Waals surface area (Å²) >= 11 is 1.61. The second-order valence-corrected chi connectivity index (χ2v) is 6.09. The van der Waals surface area contributed by atoms with Crippen LogP contribution in [0.2, 0.25) is 0 Å². The molecule has 1 rings (SSSR count). The average molecular weight is 312 g/mol. The highest BCUT2D eigenvalue weighted by Gasteiger charge is 2.09. The van der Waals surface area contributed by atoms with Gasteiger partial charge in [-0.2, -0.15) is 11.8 Å². The van der Waals surface area contributed by atoms with E-state index in [9.17, 15) is 9.90 Å². The molecule has 0 aliphatic heterocycles. The summed E-state index contributed by atoms with van der Waals surface area (Å²) < 4.78 is 10.2. The number of aliphatic hydroxyl groups is 1. The van der Waals surface area contributed by atoms with Crippen molar-refractivity contribution in [3.05, 3.63) is 35.9 Å². The zero-order valence-electron chi connectivity index (χ0n) is 12.5. The minimum absolute atomic E-state index is 0.129. The highest BCUT2D eigenvalue weighted by molar-refractivity contribution is 7.99. The number of hydrogen-bond acceptors (Lipinski definition) is 5. The lowest BCUT2D eigenvalue weighted by atomic mass is 10.2. The average Bonchev–Trinajstić information content (AvgIpc) is 2.53. The Bertz CT molecular complexity index is 383. The largest absolute Gasteiger partial charge is 0.469 e. The van der Waals surface area contributed by atoms with Crippen molar-refractivity contribution in [2.45, 2.75) is 31.1 Å². The van der Waals surface area contributed by atoms with Gasteiger partial charge in [-0.05, 0) is 18.4 Å². The fourth-order valence-corrected chi connectivity index (χ4v) is 2.87. The molecule has 118 valence electrons. The quantitative estimate of drug-likeness (QED) is 0.503. The van der Waals surface area contributed by atoms with Gasteiger partial charge in [0.2, 0.25) is 0 Å². The molecule has 0 spiro atoms. The second kappa shape index (κ2) is 11.6. The molecule has 1 N–H and O–H groups in total. The van der Waals surface area contributed by atoms with E-state index in [2.05, 4.69) is 4.74 Å². The predicted octanol–water partition coefficient (Wildman–Crippen LogP) is 2.64. The van der Waals surface area contributed by atoms with Crippen molar-refractivity contribution in [1.29, 1.82) is 0 Å². The molecule has 4 nitrogen and oxygen atoms in total. The lowest BCUT2D eigenvalue weighted by Crippen LogP contribution is -2.12. The van der Waals surface area contributed by atoms with E-state index in [0.29, 0.717) is 25.4 Å². The Kier molecular flexibility index (Phi) is 9.95. The number of benzene rings is 1. The van der Waals surface area contributed by atoms with E-state index >= 15 is 0 Å². The van der Waals surface area contributed by atoms with Crippen LogP contribution in [0.1, 0.15) is 24.8 Å². The summed E-state index contributed by atoms with van der Waals surface area (Å²) in [6, 6.07) is 10.1. The second-order valence-electron chi connectivity index (χ2n) is 4.68. The van der Waals surface area contributed by atoms with Gasteiger partial charge in [0, 0.05) is 17.6 Å². The number of methoxy groups -OCH3 is 1. The minimum atomic E-state index is -0.203. The number of carbonyl (C=O) groups is 1. The number of rotatable bonds is 11. The number of carbonyl (C=O) groups excluding carboxylic acids is 1. The molecular weight excluding hydrogens is 288 g/mol. The molecule has 0 heterocycles. The van der Waals surface area contributed by atoms with Crippen LogP contribution in [0.3, 0.4) is 0 Å². The molecule has 0 aliphatic rings. The fraction of sp³-hybridized carbons (Fsp3) is 0.562. The maximum atomic E-state index is 11.0. The summed E-state index contributed by atoms with van der Waals surface area (Å²) in [5.41, 5.74) is 1.17. The Balaban J connectivity index is 2.05. The third kappa shape index (κ3) is 8.75. The van der Waals surface area contributed by atoms with Crippen LogP contribution in [-0.4, -0.2) is 42.4 Å². The topological polar surface area (TPSA) is 55.8 Å². The Morgan fingerprint density at radius 1 is 1.33 bits per heavy atom. The SMILES string of the molecule is COC(=O)CCSC(CO)CCCOCc1ccccc1. The third-order valence-electron chi connectivity index (χ3n) is 3.02. The van der Waals surface area contributed by atoms with Crippen molar-refractivity contribution in [1.82, 2.24) is 0 Å². The van der Waals surface area contributed by atoms with Crippen molar-refractivity contribution >= 4 is 17.7 Å². The van der Waals surface area contributed by atoms with Gasteiger partial charge < -0.3 is 14.6 Å². The molecule has 1 unspecified atom stereocenters. The van der Waals surface area contributed by atoms with E-state index < -0.39 is 0 Å². The summed E-state index contributed by atoms with van der Waals surface area (Å²) in [6.07, 6.45) is 2.18. The zero-order chi connectivity index (χ0) is 15.3. The molecule has 1 aromatic rings. The maximum absolute atomic E-state index is 11.0. The molecule has 0 aromatic heterocycles. The molecule has 0 fully saturated rings. The molecule has 0 saturated carbocycles. The van der Waals surface area contributed by atoms with Gasteiger partial charge in [0.25, 0.3) is 0 Å². The first-order valence-electron chi connectivity index (χ1n) is 7.17.